The first kappa shape index (κ1) is 8.48. The van der Waals surface area contributed by atoms with Crippen LogP contribution in [0.1, 0.15) is 11.6 Å². The van der Waals surface area contributed by atoms with Crippen LogP contribution in [0.25, 0.3) is 0 Å². The average Bonchev–Trinajstić information content (AvgIpc) is 2.04. The summed E-state index contributed by atoms with van der Waals surface area (Å²) in [7, 11) is 0. The number of hydrogen-bond donors (Lipinski definition) is 3. The van der Waals surface area contributed by atoms with Crippen molar-refractivity contribution < 1.29 is 15.0 Å². The van der Waals surface area contributed by atoms with Gasteiger partial charge in [0.05, 0.1) is 6.20 Å². The van der Waals surface area contributed by atoms with Gasteiger partial charge in [-0.3, -0.25) is 9.78 Å². The van der Waals surface area contributed by atoms with Crippen LogP contribution in [0, 0.1) is 0 Å². The maximum absolute atomic E-state index is 10.4. The highest BCUT2D eigenvalue weighted by atomic mass is 16.4. The Bertz CT molecular complexity index is 300. The third-order valence-corrected chi connectivity index (χ3v) is 1.43. The molecule has 0 saturated carbocycles. The molecule has 0 radical (unpaired) electrons. The van der Waals surface area contributed by atoms with Crippen molar-refractivity contribution in [1.82, 2.24) is 4.98 Å². The minimum Gasteiger partial charge on any atom is -0.506 e. The number of aliphatic carboxylic acids is 1. The quantitative estimate of drug-likeness (QED) is 0.571. The van der Waals surface area contributed by atoms with Gasteiger partial charge in [-0.1, -0.05) is 0 Å². The van der Waals surface area contributed by atoms with E-state index in [-0.39, 0.29) is 11.3 Å². The Hall–Kier alpha value is -1.62. The van der Waals surface area contributed by atoms with Crippen LogP contribution >= 0.6 is 0 Å². The molecule has 4 N–H and O–H groups in total. The van der Waals surface area contributed by atoms with Gasteiger partial charge < -0.3 is 15.9 Å². The second-order valence-electron chi connectivity index (χ2n) is 2.25. The van der Waals surface area contributed by atoms with Gasteiger partial charge in [0.25, 0.3) is 0 Å². The number of pyridine rings is 1. The largest absolute Gasteiger partial charge is 0.506 e. The van der Waals surface area contributed by atoms with E-state index in [2.05, 4.69) is 4.98 Å². The molecule has 0 bridgehead atoms. The standard InChI is InChI=1S/C7H8N2O3/c8-6(7(11)12)4-1-2-9-3-5(4)10/h1-3,6,10H,8H2,(H,11,12). The van der Waals surface area contributed by atoms with Crippen molar-refractivity contribution in [2.45, 2.75) is 6.04 Å². The molecule has 0 aliphatic carbocycles. The van der Waals surface area contributed by atoms with Crippen LogP contribution in [0.15, 0.2) is 18.5 Å². The lowest BCUT2D eigenvalue weighted by atomic mass is 10.1. The van der Waals surface area contributed by atoms with Crippen molar-refractivity contribution in [3.05, 3.63) is 24.0 Å². The molecule has 1 unspecified atom stereocenters. The van der Waals surface area contributed by atoms with Gasteiger partial charge in [0, 0.05) is 11.8 Å². The normalized spacial score (nSPS) is 12.4. The van der Waals surface area contributed by atoms with Crippen LogP contribution in [0.3, 0.4) is 0 Å². The molecule has 0 aromatic carbocycles. The van der Waals surface area contributed by atoms with Crippen LogP contribution in [0.4, 0.5) is 0 Å². The molecule has 0 amide bonds. The van der Waals surface area contributed by atoms with Crippen molar-refractivity contribution in [3.8, 4) is 5.75 Å². The summed E-state index contributed by atoms with van der Waals surface area (Å²) in [5.74, 6) is -1.39. The summed E-state index contributed by atoms with van der Waals surface area (Å²) in [5, 5.41) is 17.6. The predicted molar refractivity (Wildman–Crippen MR) is 40.5 cm³/mol. The van der Waals surface area contributed by atoms with E-state index in [0.717, 1.165) is 6.20 Å². The second-order valence-corrected chi connectivity index (χ2v) is 2.25. The molecule has 0 aliphatic heterocycles. The minimum absolute atomic E-state index is 0.164. The molecule has 64 valence electrons. The molecule has 1 atom stereocenters. The third kappa shape index (κ3) is 1.51. The van der Waals surface area contributed by atoms with Crippen LogP contribution in [-0.4, -0.2) is 21.2 Å². The van der Waals surface area contributed by atoms with Gasteiger partial charge in [-0.15, -0.1) is 0 Å². The maximum atomic E-state index is 10.4. The van der Waals surface area contributed by atoms with E-state index in [1.807, 2.05) is 0 Å². The summed E-state index contributed by atoms with van der Waals surface area (Å²) in [4.78, 5) is 14.0. The topological polar surface area (TPSA) is 96.4 Å². The van der Waals surface area contributed by atoms with Gasteiger partial charge in [-0.2, -0.15) is 0 Å². The molecule has 1 heterocycles. The number of aromatic nitrogens is 1. The highest BCUT2D eigenvalue weighted by molar-refractivity contribution is 5.76. The molecular weight excluding hydrogens is 160 g/mol. The van der Waals surface area contributed by atoms with Crippen molar-refractivity contribution >= 4 is 5.97 Å². The zero-order chi connectivity index (χ0) is 9.14. The van der Waals surface area contributed by atoms with Crippen molar-refractivity contribution in [3.63, 3.8) is 0 Å². The van der Waals surface area contributed by atoms with Gasteiger partial charge in [0.1, 0.15) is 11.8 Å². The lowest BCUT2D eigenvalue weighted by Gasteiger charge is -2.06. The fourth-order valence-corrected chi connectivity index (χ4v) is 0.793. The van der Waals surface area contributed by atoms with Gasteiger partial charge in [-0.05, 0) is 6.07 Å². The zero-order valence-corrected chi connectivity index (χ0v) is 6.14. The molecule has 0 fully saturated rings. The second kappa shape index (κ2) is 3.19. The van der Waals surface area contributed by atoms with Crippen LogP contribution in [0.2, 0.25) is 0 Å². The third-order valence-electron chi connectivity index (χ3n) is 1.43. The fourth-order valence-electron chi connectivity index (χ4n) is 0.793. The van der Waals surface area contributed by atoms with Crippen LogP contribution in [0.5, 0.6) is 5.75 Å². The number of hydrogen-bond acceptors (Lipinski definition) is 4. The number of carbonyl (C=O) groups is 1. The average molecular weight is 168 g/mol. The molecule has 0 spiro atoms. The predicted octanol–water partition coefficient (Wildman–Crippen LogP) is -0.128. The number of nitrogens with zero attached hydrogens (tertiary/aromatic N) is 1. The van der Waals surface area contributed by atoms with Crippen molar-refractivity contribution in [1.29, 1.82) is 0 Å². The first-order valence-corrected chi connectivity index (χ1v) is 3.24. The molecular formula is C7H8N2O3. The number of nitrogens with two attached hydrogens (primary N) is 1. The lowest BCUT2D eigenvalue weighted by molar-refractivity contribution is -0.138. The summed E-state index contributed by atoms with van der Waals surface area (Å²) in [6.45, 7) is 0. The Kier molecular flexibility index (Phi) is 2.25. The Morgan fingerprint density at radius 3 is 2.83 bits per heavy atom. The van der Waals surface area contributed by atoms with E-state index >= 15 is 0 Å². The van der Waals surface area contributed by atoms with Gasteiger partial charge >= 0.3 is 5.97 Å². The van der Waals surface area contributed by atoms with Crippen LogP contribution in [-0.2, 0) is 4.79 Å². The first-order valence-electron chi connectivity index (χ1n) is 3.24. The lowest BCUT2D eigenvalue weighted by Crippen LogP contribution is -2.20. The van der Waals surface area contributed by atoms with Gasteiger partial charge in [-0.25, -0.2) is 0 Å². The Morgan fingerprint density at radius 2 is 2.33 bits per heavy atom. The van der Waals surface area contributed by atoms with Crippen molar-refractivity contribution in [2.75, 3.05) is 0 Å². The summed E-state index contributed by atoms with van der Waals surface area (Å²) < 4.78 is 0. The number of carboxylic acids is 1. The highest BCUT2D eigenvalue weighted by Crippen LogP contribution is 2.20. The molecule has 1 aromatic heterocycles. The minimum atomic E-state index is -1.20. The zero-order valence-electron chi connectivity index (χ0n) is 6.14. The summed E-state index contributed by atoms with van der Waals surface area (Å²) >= 11 is 0. The number of rotatable bonds is 2. The van der Waals surface area contributed by atoms with Gasteiger partial charge in [0.2, 0.25) is 0 Å². The Labute approximate surface area is 68.5 Å². The van der Waals surface area contributed by atoms with E-state index in [1.165, 1.54) is 12.3 Å². The SMILES string of the molecule is NC(C(=O)O)c1ccncc1O. The fraction of sp³-hybridized carbons (Fsp3) is 0.143. The number of aromatic hydroxyl groups is 1. The van der Waals surface area contributed by atoms with E-state index in [9.17, 15) is 4.79 Å². The Balaban J connectivity index is 3.02. The molecule has 5 nitrogen and oxygen atoms in total. The summed E-state index contributed by atoms with van der Waals surface area (Å²) in [6, 6.07) is 0.168. The monoisotopic (exact) mass is 168 g/mol. The number of carboxylic acid groups (broad SMARTS) is 1. The van der Waals surface area contributed by atoms with E-state index < -0.39 is 12.0 Å². The highest BCUT2D eigenvalue weighted by Gasteiger charge is 2.17. The van der Waals surface area contributed by atoms with E-state index in [4.69, 9.17) is 15.9 Å². The van der Waals surface area contributed by atoms with E-state index in [0.29, 0.717) is 0 Å². The summed E-state index contributed by atoms with van der Waals surface area (Å²) in [5.41, 5.74) is 5.42. The molecule has 1 aromatic rings. The molecule has 5 heteroatoms. The summed E-state index contributed by atoms with van der Waals surface area (Å²) in [6.07, 6.45) is 2.52. The first-order chi connectivity index (χ1) is 5.63. The Morgan fingerprint density at radius 1 is 1.67 bits per heavy atom. The molecule has 0 saturated heterocycles. The molecule has 0 aliphatic rings. The molecule has 12 heavy (non-hydrogen) atoms. The van der Waals surface area contributed by atoms with Gasteiger partial charge in [0.15, 0.2) is 0 Å². The van der Waals surface area contributed by atoms with E-state index in [1.54, 1.807) is 0 Å². The van der Waals surface area contributed by atoms with Crippen molar-refractivity contribution in [2.24, 2.45) is 5.73 Å². The smallest absolute Gasteiger partial charge is 0.325 e. The van der Waals surface area contributed by atoms with Crippen LogP contribution < -0.4 is 5.73 Å². The molecule has 1 rings (SSSR count). The maximum Gasteiger partial charge on any atom is 0.325 e.